The van der Waals surface area contributed by atoms with Gasteiger partial charge in [0.1, 0.15) is 5.58 Å². The molecule has 2 spiro atoms. The van der Waals surface area contributed by atoms with Crippen LogP contribution in [0.1, 0.15) is 44.5 Å². The smallest absolute Gasteiger partial charge is 0.159 e. The fourth-order valence-electron chi connectivity index (χ4n) is 18.0. The third-order valence-corrected chi connectivity index (χ3v) is 22.3. The molecule has 21 rings (SSSR count). The first-order chi connectivity index (χ1) is 50.1. The lowest BCUT2D eigenvalue weighted by Gasteiger charge is -2.32. The van der Waals surface area contributed by atoms with E-state index in [0.717, 1.165) is 67.2 Å². The molecule has 1 unspecified atom stereocenters. The molecule has 0 fully saturated rings. The van der Waals surface area contributed by atoms with Gasteiger partial charge in [-0.15, -0.1) is 0 Å². The molecule has 101 heavy (non-hydrogen) atoms. The largest absolute Gasteiger partial charge is 0.454 e. The summed E-state index contributed by atoms with van der Waals surface area (Å²) in [5.41, 5.74) is 37.1. The van der Waals surface area contributed by atoms with Crippen LogP contribution in [0.2, 0.25) is 0 Å². The van der Waals surface area contributed by atoms with E-state index in [1.54, 1.807) is 0 Å². The van der Waals surface area contributed by atoms with Gasteiger partial charge in [0.25, 0.3) is 0 Å². The van der Waals surface area contributed by atoms with E-state index in [9.17, 15) is 0 Å². The Morgan fingerprint density at radius 2 is 0.545 bits per heavy atom. The lowest BCUT2D eigenvalue weighted by Crippen LogP contribution is -2.26. The summed E-state index contributed by atoms with van der Waals surface area (Å²) in [4.78, 5) is 4.87. The summed E-state index contributed by atoms with van der Waals surface area (Å²) in [7, 11) is 0. The van der Waals surface area contributed by atoms with Crippen LogP contribution in [0.3, 0.4) is 0 Å². The molecule has 17 aromatic rings. The number of para-hydroxylation sites is 2. The standard InChI is InChI=1S/C98H62N2O/c1-3-21-63(22-4-1)66-45-52-71(53-46-66)99(72-54-47-67(48-55-72)64-23-5-2-6-24-64)92-38-20-37-90-95(92)82-30-11-17-36-88(82)98(90)86-34-15-9-27-77(86)79-59-51-70(61-91(79)98)69-43-41-65(42-44-69)68-49-56-73(57-50-68)100(93-39-19-31-81-80-29-12-18-40-94(80)101-96(81)93)74-58-60-89-83(62-74)78-28-10-16-35-87(78)97(89)84-32-13-7-25-75(84)76-26-8-14-33-85(76)97/h1-62H. The molecule has 4 aliphatic rings. The lowest BCUT2D eigenvalue weighted by molar-refractivity contribution is 0.669. The van der Waals surface area contributed by atoms with Crippen LogP contribution in [0.25, 0.3) is 111 Å². The number of benzene rings is 16. The Morgan fingerprint density at radius 3 is 1.09 bits per heavy atom. The van der Waals surface area contributed by atoms with Crippen LogP contribution in [-0.2, 0) is 10.8 Å². The second kappa shape index (κ2) is 22.2. The number of hydrogen-bond donors (Lipinski definition) is 0. The van der Waals surface area contributed by atoms with Crippen molar-refractivity contribution in [2.75, 3.05) is 9.80 Å². The van der Waals surface area contributed by atoms with Gasteiger partial charge in [-0.05, 0) is 201 Å². The van der Waals surface area contributed by atoms with E-state index < -0.39 is 10.8 Å². The Labute approximate surface area is 587 Å². The highest BCUT2D eigenvalue weighted by Crippen LogP contribution is 2.66. The number of fused-ring (bicyclic) bond motifs is 23. The minimum atomic E-state index is -0.587. The summed E-state index contributed by atoms with van der Waals surface area (Å²) in [6.45, 7) is 0. The van der Waals surface area contributed by atoms with E-state index in [-0.39, 0.29) is 0 Å². The molecule has 0 saturated carbocycles. The Kier molecular flexibility index (Phi) is 12.5. The highest BCUT2D eigenvalue weighted by molar-refractivity contribution is 6.11. The van der Waals surface area contributed by atoms with Crippen LogP contribution in [0.15, 0.2) is 381 Å². The second-order valence-electron chi connectivity index (χ2n) is 27.3. The third-order valence-electron chi connectivity index (χ3n) is 22.3. The van der Waals surface area contributed by atoms with Crippen molar-refractivity contribution >= 4 is 56.1 Å². The highest BCUT2D eigenvalue weighted by atomic mass is 16.3. The minimum Gasteiger partial charge on any atom is -0.454 e. The van der Waals surface area contributed by atoms with Crippen molar-refractivity contribution in [3.05, 3.63) is 421 Å². The number of hydrogen-bond acceptors (Lipinski definition) is 3. The van der Waals surface area contributed by atoms with Gasteiger partial charge < -0.3 is 14.2 Å². The normalized spacial score (nSPS) is 14.3. The zero-order valence-corrected chi connectivity index (χ0v) is 55.1. The van der Waals surface area contributed by atoms with Gasteiger partial charge in [0.2, 0.25) is 0 Å². The zero-order valence-electron chi connectivity index (χ0n) is 55.1. The van der Waals surface area contributed by atoms with E-state index in [1.165, 1.54) is 122 Å². The van der Waals surface area contributed by atoms with Crippen LogP contribution in [0.5, 0.6) is 0 Å². The average molecular weight is 1280 g/mol. The highest BCUT2D eigenvalue weighted by Gasteiger charge is 2.54. The van der Waals surface area contributed by atoms with Crippen molar-refractivity contribution in [3.63, 3.8) is 0 Å². The number of anilines is 6. The molecule has 3 nitrogen and oxygen atoms in total. The van der Waals surface area contributed by atoms with E-state index in [4.69, 9.17) is 4.42 Å². The molecule has 0 radical (unpaired) electrons. The first-order valence-corrected chi connectivity index (χ1v) is 35.0. The van der Waals surface area contributed by atoms with Gasteiger partial charge >= 0.3 is 0 Å². The summed E-state index contributed by atoms with van der Waals surface area (Å²) in [5, 5.41) is 2.19. The fraction of sp³-hybridized carbons (Fsp3) is 0.0204. The summed E-state index contributed by atoms with van der Waals surface area (Å²) in [5.74, 6) is 0. The van der Waals surface area contributed by atoms with Gasteiger partial charge in [-0.1, -0.05) is 303 Å². The molecule has 1 heterocycles. The van der Waals surface area contributed by atoms with Gasteiger partial charge in [-0.2, -0.15) is 0 Å². The predicted octanol–water partition coefficient (Wildman–Crippen LogP) is 25.9. The van der Waals surface area contributed by atoms with Gasteiger partial charge in [0.15, 0.2) is 5.58 Å². The summed E-state index contributed by atoms with van der Waals surface area (Å²) in [6.07, 6.45) is 0. The molecular weight excluding hydrogens is 1220 g/mol. The van der Waals surface area contributed by atoms with Crippen molar-refractivity contribution < 1.29 is 4.42 Å². The van der Waals surface area contributed by atoms with Crippen LogP contribution in [0, 0.1) is 0 Å². The van der Waals surface area contributed by atoms with E-state index in [0.29, 0.717) is 0 Å². The molecule has 0 aliphatic heterocycles. The van der Waals surface area contributed by atoms with Crippen molar-refractivity contribution in [1.82, 2.24) is 0 Å². The minimum absolute atomic E-state index is 0.439. The van der Waals surface area contributed by atoms with Gasteiger partial charge in [-0.3, -0.25) is 0 Å². The quantitative estimate of drug-likeness (QED) is 0.136. The van der Waals surface area contributed by atoms with E-state index in [1.807, 2.05) is 0 Å². The Morgan fingerprint density at radius 1 is 0.198 bits per heavy atom. The van der Waals surface area contributed by atoms with Crippen molar-refractivity contribution in [2.45, 2.75) is 10.8 Å². The Hall–Kier alpha value is -13.1. The third kappa shape index (κ3) is 8.29. The van der Waals surface area contributed by atoms with Gasteiger partial charge in [0, 0.05) is 39.1 Å². The monoisotopic (exact) mass is 1280 g/mol. The van der Waals surface area contributed by atoms with Crippen LogP contribution in [-0.4, -0.2) is 0 Å². The first-order valence-electron chi connectivity index (χ1n) is 35.0. The first kappa shape index (κ1) is 57.0. The van der Waals surface area contributed by atoms with Crippen molar-refractivity contribution in [2.24, 2.45) is 0 Å². The zero-order chi connectivity index (χ0) is 66.3. The van der Waals surface area contributed by atoms with E-state index >= 15 is 0 Å². The maximum Gasteiger partial charge on any atom is 0.159 e. The topological polar surface area (TPSA) is 19.6 Å². The van der Waals surface area contributed by atoms with Gasteiger partial charge in [-0.25, -0.2) is 0 Å². The molecule has 4 aliphatic carbocycles. The number of furan rings is 1. The molecule has 470 valence electrons. The summed E-state index contributed by atoms with van der Waals surface area (Å²) >= 11 is 0. The molecule has 16 aromatic carbocycles. The van der Waals surface area contributed by atoms with Gasteiger partial charge in [0.05, 0.1) is 22.2 Å². The maximum absolute atomic E-state index is 6.88. The van der Waals surface area contributed by atoms with Crippen molar-refractivity contribution in [1.29, 1.82) is 0 Å². The molecule has 0 amide bonds. The summed E-state index contributed by atoms with van der Waals surface area (Å²) < 4.78 is 6.88. The number of rotatable bonds is 10. The average Bonchev–Trinajstić information content (AvgIpc) is 1.51. The SMILES string of the molecule is c1ccc(-c2ccc(N(c3ccc(-c4ccccc4)cc3)c3cccc4c3-c3ccccc3C43c4ccccc4-c4ccc(-c5ccc(-c6ccc(N(c7ccc8c(c7)-c7ccccc7C87c8ccccc8-c8ccccc87)c7cccc8c7oc7ccccc78)cc6)cc5)cc43)cc2)cc1. The fourth-order valence-corrected chi connectivity index (χ4v) is 18.0. The molecule has 0 N–H and O–H groups in total. The lowest BCUT2D eigenvalue weighted by atomic mass is 9.70. The second-order valence-corrected chi connectivity index (χ2v) is 27.3. The molecule has 0 saturated heterocycles. The Balaban J connectivity index is 0.661. The molecule has 3 heteroatoms. The molecular formula is C98H62N2O. The molecule has 1 aromatic heterocycles. The van der Waals surface area contributed by atoms with Crippen LogP contribution in [0.4, 0.5) is 34.1 Å². The molecule has 1 atom stereocenters. The molecule has 0 bridgehead atoms. The van der Waals surface area contributed by atoms with Crippen LogP contribution >= 0.6 is 0 Å². The van der Waals surface area contributed by atoms with E-state index in [2.05, 4.69) is 386 Å². The summed E-state index contributed by atoms with van der Waals surface area (Å²) in [6, 6.07) is 140. The van der Waals surface area contributed by atoms with Crippen LogP contribution < -0.4 is 9.80 Å². The number of nitrogens with zero attached hydrogens (tertiary/aromatic N) is 2. The Bertz CT molecular complexity index is 6060. The van der Waals surface area contributed by atoms with Crippen molar-refractivity contribution in [3.8, 4) is 89.0 Å². The maximum atomic E-state index is 6.88. The predicted molar refractivity (Wildman–Crippen MR) is 417 cm³/mol.